The van der Waals surface area contributed by atoms with Crippen molar-refractivity contribution < 1.29 is 0 Å². The van der Waals surface area contributed by atoms with Gasteiger partial charge < -0.3 is 4.90 Å². The highest BCUT2D eigenvalue weighted by Crippen LogP contribution is 2.22. The molecular weight excluding hydrogens is 310 g/mol. The number of hydrogen-bond donors (Lipinski definition) is 0. The highest BCUT2D eigenvalue weighted by atomic mass is 35.5. The Labute approximate surface area is 142 Å². The van der Waals surface area contributed by atoms with E-state index >= 15 is 0 Å². The van der Waals surface area contributed by atoms with Crippen molar-refractivity contribution in [1.82, 2.24) is 19.9 Å². The third kappa shape index (κ3) is 3.98. The molecule has 0 bridgehead atoms. The summed E-state index contributed by atoms with van der Waals surface area (Å²) in [6, 6.07) is 6.49. The molecule has 0 aliphatic carbocycles. The Kier molecular flexibility index (Phi) is 5.08. The second-order valence-electron chi connectivity index (χ2n) is 6.11. The molecule has 0 N–H and O–H groups in total. The van der Waals surface area contributed by atoms with Crippen LogP contribution in [0, 0.1) is 6.92 Å². The van der Waals surface area contributed by atoms with E-state index in [1.54, 1.807) is 12.5 Å². The van der Waals surface area contributed by atoms with Crippen LogP contribution >= 0.6 is 11.6 Å². The average Bonchev–Trinajstić information content (AvgIpc) is 2.56. The van der Waals surface area contributed by atoms with E-state index in [2.05, 4.69) is 37.9 Å². The van der Waals surface area contributed by atoms with Crippen LogP contribution in [0.5, 0.6) is 0 Å². The molecule has 2 aromatic rings. The van der Waals surface area contributed by atoms with Gasteiger partial charge in [-0.3, -0.25) is 4.90 Å². The minimum atomic E-state index is 0.452. The maximum atomic E-state index is 6.19. The largest absolute Gasteiger partial charge is 0.355 e. The predicted octanol–water partition coefficient (Wildman–Crippen LogP) is 2.93. The number of aromatic nitrogens is 3. The molecule has 1 atom stereocenters. The highest BCUT2D eigenvalue weighted by Gasteiger charge is 2.24. The minimum Gasteiger partial charge on any atom is -0.355 e. The first kappa shape index (κ1) is 16.1. The number of likely N-dealkylation sites (N-methyl/N-ethyl adjacent to an activating group) is 1. The summed E-state index contributed by atoms with van der Waals surface area (Å²) in [5, 5.41) is 0.606. The number of rotatable bonds is 4. The molecule has 0 radical (unpaired) electrons. The minimum absolute atomic E-state index is 0.452. The fraction of sp³-hybridized carbons (Fsp3) is 0.471. The smallest absolute Gasteiger partial charge is 0.133 e. The topological polar surface area (TPSA) is 45.2 Å². The van der Waals surface area contributed by atoms with Crippen molar-refractivity contribution >= 4 is 17.4 Å². The van der Waals surface area contributed by atoms with E-state index in [-0.39, 0.29) is 0 Å². The first-order chi connectivity index (χ1) is 11.1. The SMILES string of the molecule is Cc1cc(N(C)C2CCCN(Cc3cccnc3Cl)C2)ncn1. The fourth-order valence-corrected chi connectivity index (χ4v) is 3.27. The van der Waals surface area contributed by atoms with Gasteiger partial charge in [-0.25, -0.2) is 15.0 Å². The second kappa shape index (κ2) is 7.23. The van der Waals surface area contributed by atoms with Gasteiger partial charge in [-0.15, -0.1) is 0 Å². The van der Waals surface area contributed by atoms with Crippen LogP contribution in [0.15, 0.2) is 30.7 Å². The molecule has 3 heterocycles. The molecule has 3 rings (SSSR count). The highest BCUT2D eigenvalue weighted by molar-refractivity contribution is 6.30. The standard InChI is InChI=1S/C17H22ClN5/c1-13-9-16(21-12-20-13)22(2)15-6-4-8-23(11-15)10-14-5-3-7-19-17(14)18/h3,5,7,9,12,15H,4,6,8,10-11H2,1-2H3. The van der Waals surface area contributed by atoms with E-state index in [1.807, 2.05) is 19.1 Å². The Hall–Kier alpha value is -1.72. The predicted molar refractivity (Wildman–Crippen MR) is 92.7 cm³/mol. The van der Waals surface area contributed by atoms with Crippen molar-refractivity contribution in [2.75, 3.05) is 25.0 Å². The van der Waals surface area contributed by atoms with Crippen molar-refractivity contribution in [3.05, 3.63) is 47.1 Å². The molecule has 1 saturated heterocycles. The number of piperidine rings is 1. The van der Waals surface area contributed by atoms with Gasteiger partial charge in [0.15, 0.2) is 0 Å². The van der Waals surface area contributed by atoms with Crippen LogP contribution in [0.4, 0.5) is 5.82 Å². The molecule has 0 saturated carbocycles. The van der Waals surface area contributed by atoms with Crippen LogP contribution in [0.2, 0.25) is 5.15 Å². The molecule has 1 aliphatic rings. The monoisotopic (exact) mass is 331 g/mol. The van der Waals surface area contributed by atoms with Gasteiger partial charge in [0.2, 0.25) is 0 Å². The average molecular weight is 332 g/mol. The zero-order valence-electron chi connectivity index (χ0n) is 13.6. The number of hydrogen-bond acceptors (Lipinski definition) is 5. The van der Waals surface area contributed by atoms with Crippen molar-refractivity contribution in [3.8, 4) is 0 Å². The molecule has 1 unspecified atom stereocenters. The first-order valence-electron chi connectivity index (χ1n) is 7.96. The van der Waals surface area contributed by atoms with Gasteiger partial charge in [0.1, 0.15) is 17.3 Å². The lowest BCUT2D eigenvalue weighted by Gasteiger charge is -2.38. The Morgan fingerprint density at radius 1 is 1.35 bits per heavy atom. The number of nitrogens with zero attached hydrogens (tertiary/aromatic N) is 5. The first-order valence-corrected chi connectivity index (χ1v) is 8.34. The Morgan fingerprint density at radius 2 is 2.22 bits per heavy atom. The lowest BCUT2D eigenvalue weighted by atomic mass is 10.0. The van der Waals surface area contributed by atoms with E-state index in [1.165, 1.54) is 12.8 Å². The maximum absolute atomic E-state index is 6.19. The normalized spacial score (nSPS) is 18.8. The van der Waals surface area contributed by atoms with Crippen molar-refractivity contribution in [3.63, 3.8) is 0 Å². The zero-order chi connectivity index (χ0) is 16.2. The number of anilines is 1. The van der Waals surface area contributed by atoms with Gasteiger partial charge in [-0.2, -0.15) is 0 Å². The number of aryl methyl sites for hydroxylation is 1. The summed E-state index contributed by atoms with van der Waals surface area (Å²) in [5.74, 6) is 0.990. The molecule has 23 heavy (non-hydrogen) atoms. The van der Waals surface area contributed by atoms with Crippen LogP contribution in [-0.4, -0.2) is 46.0 Å². The molecule has 122 valence electrons. The van der Waals surface area contributed by atoms with Crippen LogP contribution in [-0.2, 0) is 6.54 Å². The van der Waals surface area contributed by atoms with E-state index in [0.29, 0.717) is 11.2 Å². The lowest BCUT2D eigenvalue weighted by molar-refractivity contribution is 0.198. The van der Waals surface area contributed by atoms with Crippen molar-refractivity contribution in [2.45, 2.75) is 32.4 Å². The van der Waals surface area contributed by atoms with Crippen LogP contribution in [0.25, 0.3) is 0 Å². The summed E-state index contributed by atoms with van der Waals surface area (Å²) in [4.78, 5) is 17.5. The molecular formula is C17H22ClN5. The summed E-state index contributed by atoms with van der Waals surface area (Å²) < 4.78 is 0. The van der Waals surface area contributed by atoms with Crippen molar-refractivity contribution in [2.24, 2.45) is 0 Å². The third-order valence-electron chi connectivity index (χ3n) is 4.41. The van der Waals surface area contributed by atoms with Crippen molar-refractivity contribution in [1.29, 1.82) is 0 Å². The van der Waals surface area contributed by atoms with E-state index in [9.17, 15) is 0 Å². The summed E-state index contributed by atoms with van der Waals surface area (Å²) in [6.07, 6.45) is 5.72. The molecule has 6 heteroatoms. The van der Waals surface area contributed by atoms with E-state index < -0.39 is 0 Å². The second-order valence-corrected chi connectivity index (χ2v) is 6.47. The van der Waals surface area contributed by atoms with Crippen LogP contribution < -0.4 is 4.90 Å². The Morgan fingerprint density at radius 3 is 3.00 bits per heavy atom. The van der Waals surface area contributed by atoms with Crippen LogP contribution in [0.3, 0.4) is 0 Å². The van der Waals surface area contributed by atoms with E-state index in [0.717, 1.165) is 36.7 Å². The molecule has 1 aliphatic heterocycles. The Bertz CT molecular complexity index is 663. The molecule has 0 spiro atoms. The van der Waals surface area contributed by atoms with Crippen LogP contribution in [0.1, 0.15) is 24.1 Å². The van der Waals surface area contributed by atoms with Gasteiger partial charge in [-0.1, -0.05) is 17.7 Å². The van der Waals surface area contributed by atoms with Gasteiger partial charge in [0, 0.05) is 49.7 Å². The quantitative estimate of drug-likeness (QED) is 0.806. The molecule has 1 fully saturated rings. The molecule has 0 aromatic carbocycles. The lowest BCUT2D eigenvalue weighted by Crippen LogP contribution is -2.46. The summed E-state index contributed by atoms with van der Waals surface area (Å²) in [5.41, 5.74) is 2.09. The van der Waals surface area contributed by atoms with E-state index in [4.69, 9.17) is 11.6 Å². The molecule has 0 amide bonds. The third-order valence-corrected chi connectivity index (χ3v) is 4.75. The van der Waals surface area contributed by atoms with Gasteiger partial charge in [0.25, 0.3) is 0 Å². The maximum Gasteiger partial charge on any atom is 0.133 e. The van der Waals surface area contributed by atoms with Gasteiger partial charge in [-0.05, 0) is 32.4 Å². The fourth-order valence-electron chi connectivity index (χ4n) is 3.09. The summed E-state index contributed by atoms with van der Waals surface area (Å²) >= 11 is 6.19. The number of halogens is 1. The number of pyridine rings is 1. The summed E-state index contributed by atoms with van der Waals surface area (Å²) in [7, 11) is 2.12. The molecule has 5 nitrogen and oxygen atoms in total. The van der Waals surface area contributed by atoms with Gasteiger partial charge in [0.05, 0.1) is 0 Å². The Balaban J connectivity index is 1.67. The summed E-state index contributed by atoms with van der Waals surface area (Å²) in [6.45, 7) is 4.94. The van der Waals surface area contributed by atoms with Gasteiger partial charge >= 0.3 is 0 Å². The zero-order valence-corrected chi connectivity index (χ0v) is 14.4. The molecule has 2 aromatic heterocycles. The number of likely N-dealkylation sites (tertiary alicyclic amines) is 1.